The molecule has 3 heterocycles. The molecule has 0 spiro atoms. The first-order valence-electron chi connectivity index (χ1n) is 15.2. The average Bonchev–Trinajstić information content (AvgIpc) is 3.07. The van der Waals surface area contributed by atoms with Crippen molar-refractivity contribution in [2.24, 2.45) is 0 Å². The SMILES string of the molecule is CC1(C)c2ccccc2N2c3cc(-c4ccccc4C#N)cc4c3B(c3ccccc3N4c3ccccc3)c3cccc1c32. The van der Waals surface area contributed by atoms with Crippen LogP contribution in [0.2, 0.25) is 0 Å². The fraction of sp³-hybridized carbons (Fsp3) is 0.0750. The van der Waals surface area contributed by atoms with Crippen LogP contribution < -0.4 is 26.2 Å². The Morgan fingerprint density at radius 2 is 1.23 bits per heavy atom. The lowest BCUT2D eigenvalue weighted by atomic mass is 9.33. The van der Waals surface area contributed by atoms with Crippen LogP contribution in [0.4, 0.5) is 34.1 Å². The first kappa shape index (κ1) is 25.0. The highest BCUT2D eigenvalue weighted by Gasteiger charge is 2.48. The Hall–Kier alpha value is -5.53. The van der Waals surface area contributed by atoms with Gasteiger partial charge >= 0.3 is 0 Å². The minimum atomic E-state index is -0.159. The lowest BCUT2D eigenvalue weighted by molar-refractivity contribution is 0.632. The van der Waals surface area contributed by atoms with Crippen molar-refractivity contribution in [3.8, 4) is 17.2 Å². The summed E-state index contributed by atoms with van der Waals surface area (Å²) < 4.78 is 0. The summed E-state index contributed by atoms with van der Waals surface area (Å²) in [6, 6.07) is 50.3. The standard InChI is InChI=1S/C40H28BN3/c1-40(2)30-17-8-10-21-34(30)44-37-24-27(29-16-7-6-13-26(29)25-42)23-36-38(37)41(33-20-12-18-31(40)39(33)44)32-19-9-11-22-35(32)43(36)28-14-4-3-5-15-28/h3-24H,1-2H3. The van der Waals surface area contributed by atoms with Crippen molar-refractivity contribution in [1.29, 1.82) is 5.26 Å². The van der Waals surface area contributed by atoms with Crippen LogP contribution in [0.25, 0.3) is 11.1 Å². The Bertz CT molecular complexity index is 2190. The third-order valence-corrected chi connectivity index (χ3v) is 9.86. The molecular formula is C40H28BN3. The van der Waals surface area contributed by atoms with E-state index < -0.39 is 0 Å². The van der Waals surface area contributed by atoms with Gasteiger partial charge in [0.1, 0.15) is 0 Å². The molecule has 0 N–H and O–H groups in total. The lowest BCUT2D eigenvalue weighted by Gasteiger charge is -2.49. The number of hydrogen-bond donors (Lipinski definition) is 0. The van der Waals surface area contributed by atoms with Gasteiger partial charge in [-0.25, -0.2) is 0 Å². The number of fused-ring (bicyclic) bond motifs is 6. The largest absolute Gasteiger partial charge is 0.311 e. The molecule has 3 aliphatic heterocycles. The van der Waals surface area contributed by atoms with Crippen molar-refractivity contribution >= 4 is 57.2 Å². The molecule has 3 nitrogen and oxygen atoms in total. The molecule has 0 fully saturated rings. The van der Waals surface area contributed by atoms with Gasteiger partial charge in [0.15, 0.2) is 0 Å². The molecule has 6 aromatic carbocycles. The molecule has 0 amide bonds. The Labute approximate surface area is 258 Å². The molecule has 44 heavy (non-hydrogen) atoms. The van der Waals surface area contributed by atoms with Gasteiger partial charge in [-0.1, -0.05) is 105 Å². The Balaban J connectivity index is 1.46. The zero-order chi connectivity index (χ0) is 29.6. The van der Waals surface area contributed by atoms with Crippen LogP contribution in [-0.2, 0) is 5.41 Å². The van der Waals surface area contributed by atoms with Crippen LogP contribution in [0.3, 0.4) is 0 Å². The fourth-order valence-corrected chi connectivity index (χ4v) is 7.94. The zero-order valence-electron chi connectivity index (χ0n) is 24.6. The predicted molar refractivity (Wildman–Crippen MR) is 183 cm³/mol. The lowest BCUT2D eigenvalue weighted by Crippen LogP contribution is -2.62. The summed E-state index contributed by atoms with van der Waals surface area (Å²) in [4.78, 5) is 4.92. The monoisotopic (exact) mass is 561 g/mol. The molecule has 0 bridgehead atoms. The van der Waals surface area contributed by atoms with E-state index in [-0.39, 0.29) is 12.1 Å². The molecule has 0 unspecified atom stereocenters. The summed E-state index contributed by atoms with van der Waals surface area (Å²) in [6.45, 7) is 4.78. The van der Waals surface area contributed by atoms with E-state index in [1.54, 1.807) is 0 Å². The fourth-order valence-electron chi connectivity index (χ4n) is 7.94. The van der Waals surface area contributed by atoms with E-state index in [1.165, 1.54) is 50.3 Å². The number of rotatable bonds is 2. The molecule has 4 heteroatoms. The number of nitrogens with zero attached hydrogens (tertiary/aromatic N) is 3. The molecule has 206 valence electrons. The van der Waals surface area contributed by atoms with Gasteiger partial charge in [0.2, 0.25) is 0 Å². The van der Waals surface area contributed by atoms with Crippen LogP contribution in [-0.4, -0.2) is 6.71 Å². The minimum Gasteiger partial charge on any atom is -0.311 e. The number of anilines is 6. The first-order chi connectivity index (χ1) is 21.6. The van der Waals surface area contributed by atoms with Gasteiger partial charge in [-0.2, -0.15) is 5.26 Å². The average molecular weight is 561 g/mol. The van der Waals surface area contributed by atoms with Gasteiger partial charge in [-0.3, -0.25) is 0 Å². The normalized spacial score (nSPS) is 14.6. The summed E-state index contributed by atoms with van der Waals surface area (Å²) in [6.07, 6.45) is 0. The van der Waals surface area contributed by atoms with Crippen molar-refractivity contribution in [2.75, 3.05) is 9.80 Å². The van der Waals surface area contributed by atoms with Gasteiger partial charge < -0.3 is 9.80 Å². The topological polar surface area (TPSA) is 30.3 Å². The Morgan fingerprint density at radius 3 is 2.05 bits per heavy atom. The van der Waals surface area contributed by atoms with Crippen LogP contribution in [0.1, 0.15) is 30.5 Å². The maximum absolute atomic E-state index is 10.1. The van der Waals surface area contributed by atoms with Gasteiger partial charge in [-0.15, -0.1) is 0 Å². The van der Waals surface area contributed by atoms with E-state index in [9.17, 15) is 5.26 Å². The van der Waals surface area contributed by atoms with E-state index in [4.69, 9.17) is 0 Å². The molecule has 0 radical (unpaired) electrons. The molecule has 0 atom stereocenters. The highest BCUT2D eigenvalue weighted by molar-refractivity contribution is 7.00. The Morgan fingerprint density at radius 1 is 0.591 bits per heavy atom. The number of benzene rings is 6. The summed E-state index contributed by atoms with van der Waals surface area (Å²) >= 11 is 0. The third kappa shape index (κ3) is 3.22. The van der Waals surface area contributed by atoms with Crippen LogP contribution in [0.5, 0.6) is 0 Å². The van der Waals surface area contributed by atoms with Gasteiger partial charge in [0, 0.05) is 33.9 Å². The van der Waals surface area contributed by atoms with Gasteiger partial charge in [-0.05, 0) is 81.1 Å². The summed E-state index contributed by atoms with van der Waals surface area (Å²) in [5.74, 6) is 0. The van der Waals surface area contributed by atoms with E-state index in [0.29, 0.717) is 5.56 Å². The molecule has 0 aliphatic carbocycles. The second kappa shape index (κ2) is 8.99. The minimum absolute atomic E-state index is 0.0729. The predicted octanol–water partition coefficient (Wildman–Crippen LogP) is 7.95. The van der Waals surface area contributed by atoms with Crippen LogP contribution >= 0.6 is 0 Å². The quantitative estimate of drug-likeness (QED) is 0.201. The maximum atomic E-state index is 10.1. The molecule has 3 aliphatic rings. The van der Waals surface area contributed by atoms with E-state index in [1.807, 2.05) is 18.2 Å². The van der Waals surface area contributed by atoms with Crippen molar-refractivity contribution in [3.05, 3.63) is 150 Å². The molecule has 0 aromatic heterocycles. The van der Waals surface area contributed by atoms with E-state index in [2.05, 4.69) is 145 Å². The van der Waals surface area contributed by atoms with Crippen LogP contribution in [0.15, 0.2) is 133 Å². The van der Waals surface area contributed by atoms with Crippen molar-refractivity contribution in [2.45, 2.75) is 19.3 Å². The highest BCUT2D eigenvalue weighted by atomic mass is 15.2. The molecule has 6 aromatic rings. The highest BCUT2D eigenvalue weighted by Crippen LogP contribution is 2.54. The smallest absolute Gasteiger partial charge is 0.252 e. The van der Waals surface area contributed by atoms with Crippen molar-refractivity contribution in [1.82, 2.24) is 0 Å². The number of hydrogen-bond acceptors (Lipinski definition) is 3. The zero-order valence-corrected chi connectivity index (χ0v) is 24.6. The summed E-state index contributed by atoms with van der Waals surface area (Å²) in [7, 11) is 0. The van der Waals surface area contributed by atoms with E-state index in [0.717, 1.165) is 22.5 Å². The van der Waals surface area contributed by atoms with Gasteiger partial charge in [0.05, 0.1) is 17.3 Å². The van der Waals surface area contributed by atoms with Crippen molar-refractivity contribution in [3.63, 3.8) is 0 Å². The van der Waals surface area contributed by atoms with E-state index >= 15 is 0 Å². The molecule has 9 rings (SSSR count). The second-order valence-corrected chi connectivity index (χ2v) is 12.5. The van der Waals surface area contributed by atoms with Crippen LogP contribution in [0, 0.1) is 11.3 Å². The molecule has 0 saturated heterocycles. The second-order valence-electron chi connectivity index (χ2n) is 12.5. The summed E-state index contributed by atoms with van der Waals surface area (Å²) in [5, 5.41) is 10.1. The maximum Gasteiger partial charge on any atom is 0.252 e. The van der Waals surface area contributed by atoms with Crippen molar-refractivity contribution < 1.29 is 0 Å². The summed E-state index contributed by atoms with van der Waals surface area (Å²) in [5.41, 5.74) is 16.2. The van der Waals surface area contributed by atoms with Gasteiger partial charge in [0.25, 0.3) is 6.71 Å². The third-order valence-electron chi connectivity index (χ3n) is 9.86. The Kier molecular flexibility index (Phi) is 5.11. The molecule has 0 saturated carbocycles. The first-order valence-corrected chi connectivity index (χ1v) is 15.2. The molecular weight excluding hydrogens is 533 g/mol. The number of nitriles is 1. The number of para-hydroxylation sites is 4.